The topological polar surface area (TPSA) is 24.9 Å². The van der Waals surface area contributed by atoms with Gasteiger partial charge in [-0.05, 0) is 24.6 Å². The fraction of sp³-hybridized carbons (Fsp3) is 0.250. The fourth-order valence-electron chi connectivity index (χ4n) is 1.57. The van der Waals surface area contributed by atoms with E-state index in [9.17, 15) is 13.2 Å². The quantitative estimate of drug-likeness (QED) is 0.755. The van der Waals surface area contributed by atoms with E-state index in [0.29, 0.717) is 26.7 Å². The van der Waals surface area contributed by atoms with Gasteiger partial charge in [0.15, 0.2) is 4.47 Å². The molecule has 1 aromatic heterocycles. The molecule has 20 heavy (non-hydrogen) atoms. The number of aromatic nitrogens is 1. The van der Waals surface area contributed by atoms with Crippen LogP contribution in [0.5, 0.6) is 0 Å². The molecular formula is C12H9BrClF3N2S. The number of hydrogen-bond donors (Lipinski definition) is 1. The molecule has 0 unspecified atom stereocenters. The third kappa shape index (κ3) is 3.65. The molecule has 2 nitrogen and oxygen atoms in total. The van der Waals surface area contributed by atoms with Crippen LogP contribution in [0.2, 0.25) is 4.47 Å². The lowest BCUT2D eigenvalue weighted by atomic mass is 10.1. The normalized spacial score (nSPS) is 11.7. The first-order chi connectivity index (χ1) is 9.27. The molecule has 1 N–H and O–H groups in total. The van der Waals surface area contributed by atoms with Gasteiger partial charge in [0.25, 0.3) is 0 Å². The molecule has 0 amide bonds. The number of alkyl halides is 3. The number of nitrogens with zero attached hydrogens (tertiary/aromatic N) is 1. The summed E-state index contributed by atoms with van der Waals surface area (Å²) in [6, 6.07) is 2.17. The Balaban J connectivity index is 2.24. The highest BCUT2D eigenvalue weighted by atomic mass is 79.9. The van der Waals surface area contributed by atoms with E-state index < -0.39 is 11.7 Å². The van der Waals surface area contributed by atoms with Crippen molar-refractivity contribution in [2.75, 3.05) is 5.32 Å². The van der Waals surface area contributed by atoms with Crippen LogP contribution >= 0.6 is 38.9 Å². The van der Waals surface area contributed by atoms with Gasteiger partial charge in [-0.3, -0.25) is 0 Å². The van der Waals surface area contributed by atoms with Crippen LogP contribution in [0.4, 0.5) is 18.9 Å². The van der Waals surface area contributed by atoms with Gasteiger partial charge < -0.3 is 5.32 Å². The summed E-state index contributed by atoms with van der Waals surface area (Å²) in [7, 11) is 0. The van der Waals surface area contributed by atoms with E-state index in [1.54, 1.807) is 13.1 Å². The first-order valence-corrected chi connectivity index (χ1v) is 7.47. The van der Waals surface area contributed by atoms with E-state index in [4.69, 9.17) is 11.6 Å². The molecule has 0 radical (unpaired) electrons. The molecule has 1 aromatic carbocycles. The lowest BCUT2D eigenvalue weighted by Crippen LogP contribution is -2.08. The van der Waals surface area contributed by atoms with Gasteiger partial charge in [0.05, 0.1) is 12.1 Å². The highest BCUT2D eigenvalue weighted by Crippen LogP contribution is 2.36. The lowest BCUT2D eigenvalue weighted by molar-refractivity contribution is -0.137. The lowest BCUT2D eigenvalue weighted by Gasteiger charge is -2.14. The van der Waals surface area contributed by atoms with Crippen molar-refractivity contribution in [1.29, 1.82) is 0 Å². The van der Waals surface area contributed by atoms with Crippen LogP contribution in [0.25, 0.3) is 0 Å². The maximum Gasteiger partial charge on any atom is 0.416 e. The molecule has 108 valence electrons. The van der Waals surface area contributed by atoms with Crippen molar-refractivity contribution < 1.29 is 13.2 Å². The van der Waals surface area contributed by atoms with Crippen LogP contribution in [-0.2, 0) is 12.7 Å². The second kappa shape index (κ2) is 5.91. The zero-order valence-corrected chi connectivity index (χ0v) is 13.3. The molecule has 0 saturated carbocycles. The molecule has 0 bridgehead atoms. The number of halogens is 5. The Kier molecular flexibility index (Phi) is 4.61. The van der Waals surface area contributed by atoms with Crippen LogP contribution in [0.1, 0.15) is 16.0 Å². The molecule has 0 atom stereocenters. The van der Waals surface area contributed by atoms with Crippen LogP contribution in [0, 0.1) is 6.92 Å². The molecule has 0 spiro atoms. The summed E-state index contributed by atoms with van der Waals surface area (Å²) in [6.45, 7) is 2.12. The minimum absolute atomic E-state index is 0.374. The first-order valence-electron chi connectivity index (χ1n) is 5.49. The third-order valence-corrected chi connectivity index (χ3v) is 4.59. The predicted molar refractivity (Wildman–Crippen MR) is 78.3 cm³/mol. The molecule has 0 aliphatic heterocycles. The van der Waals surface area contributed by atoms with E-state index in [2.05, 4.69) is 26.2 Å². The van der Waals surface area contributed by atoms with Crippen molar-refractivity contribution in [3.8, 4) is 0 Å². The Morgan fingerprint density at radius 3 is 2.65 bits per heavy atom. The van der Waals surface area contributed by atoms with Crippen molar-refractivity contribution >= 4 is 44.6 Å². The molecule has 0 aliphatic rings. The second-order valence-corrected chi connectivity index (χ2v) is 6.61. The zero-order valence-electron chi connectivity index (χ0n) is 10.2. The summed E-state index contributed by atoms with van der Waals surface area (Å²) in [5, 5.41) is 2.98. The number of anilines is 1. The SMILES string of the molecule is Cc1c(Br)cc(C(F)(F)F)cc1NCc1cnc(Cl)s1. The van der Waals surface area contributed by atoms with Gasteiger partial charge >= 0.3 is 6.18 Å². The summed E-state index contributed by atoms with van der Waals surface area (Å²) in [5.41, 5.74) is 0.449. The molecule has 1 heterocycles. The highest BCUT2D eigenvalue weighted by molar-refractivity contribution is 9.10. The van der Waals surface area contributed by atoms with Gasteiger partial charge in [-0.15, -0.1) is 11.3 Å². The average Bonchev–Trinajstić information content (AvgIpc) is 2.75. The number of hydrogen-bond acceptors (Lipinski definition) is 3. The Morgan fingerprint density at radius 1 is 1.40 bits per heavy atom. The largest absolute Gasteiger partial charge is 0.416 e. The second-order valence-electron chi connectivity index (χ2n) is 4.06. The van der Waals surface area contributed by atoms with Crippen LogP contribution in [0.15, 0.2) is 22.8 Å². The van der Waals surface area contributed by atoms with Crippen LogP contribution < -0.4 is 5.32 Å². The minimum atomic E-state index is -4.37. The number of benzene rings is 1. The van der Waals surface area contributed by atoms with E-state index in [1.165, 1.54) is 11.3 Å². The highest BCUT2D eigenvalue weighted by Gasteiger charge is 2.31. The fourth-order valence-corrected chi connectivity index (χ4v) is 2.95. The zero-order chi connectivity index (χ0) is 14.9. The van der Waals surface area contributed by atoms with E-state index in [-0.39, 0.29) is 0 Å². The van der Waals surface area contributed by atoms with Gasteiger partial charge in [-0.25, -0.2) is 4.98 Å². The molecule has 8 heteroatoms. The van der Waals surface area contributed by atoms with E-state index in [0.717, 1.165) is 17.0 Å². The monoisotopic (exact) mass is 384 g/mol. The van der Waals surface area contributed by atoms with E-state index in [1.807, 2.05) is 0 Å². The molecular weight excluding hydrogens is 377 g/mol. The summed E-state index contributed by atoms with van der Waals surface area (Å²) >= 11 is 10.1. The van der Waals surface area contributed by atoms with Gasteiger partial charge in [0.2, 0.25) is 0 Å². The van der Waals surface area contributed by atoms with Crippen LogP contribution in [0.3, 0.4) is 0 Å². The van der Waals surface area contributed by atoms with Crippen molar-refractivity contribution in [3.63, 3.8) is 0 Å². The average molecular weight is 386 g/mol. The molecule has 0 fully saturated rings. The summed E-state index contributed by atoms with van der Waals surface area (Å²) < 4.78 is 39.1. The van der Waals surface area contributed by atoms with Crippen molar-refractivity contribution in [1.82, 2.24) is 4.98 Å². The Labute approximate surface area is 131 Å². The minimum Gasteiger partial charge on any atom is -0.380 e. The molecule has 0 aliphatic carbocycles. The van der Waals surface area contributed by atoms with Gasteiger partial charge in [-0.1, -0.05) is 27.5 Å². The molecule has 2 rings (SSSR count). The predicted octanol–water partition coefficient (Wildman–Crippen LogP) is 5.50. The Morgan fingerprint density at radius 2 is 2.10 bits per heavy atom. The van der Waals surface area contributed by atoms with Crippen molar-refractivity contribution in [2.45, 2.75) is 19.6 Å². The van der Waals surface area contributed by atoms with E-state index >= 15 is 0 Å². The number of thiazole rings is 1. The third-order valence-electron chi connectivity index (χ3n) is 2.65. The number of nitrogens with one attached hydrogen (secondary N) is 1. The smallest absolute Gasteiger partial charge is 0.380 e. The van der Waals surface area contributed by atoms with Crippen molar-refractivity contribution in [3.05, 3.63) is 43.3 Å². The summed E-state index contributed by atoms with van der Waals surface area (Å²) in [5.74, 6) is 0. The van der Waals surface area contributed by atoms with Gasteiger partial charge in [0.1, 0.15) is 0 Å². The maximum atomic E-state index is 12.8. The van der Waals surface area contributed by atoms with Gasteiger partial charge in [-0.2, -0.15) is 13.2 Å². The first kappa shape index (κ1) is 15.6. The number of rotatable bonds is 3. The van der Waals surface area contributed by atoms with Crippen LogP contribution in [-0.4, -0.2) is 4.98 Å². The Hall–Kier alpha value is -0.790. The summed E-state index contributed by atoms with van der Waals surface area (Å²) in [6.07, 6.45) is -2.78. The van der Waals surface area contributed by atoms with Crippen molar-refractivity contribution in [2.24, 2.45) is 0 Å². The molecule has 0 saturated heterocycles. The molecule has 2 aromatic rings. The summed E-state index contributed by atoms with van der Waals surface area (Å²) in [4.78, 5) is 4.73. The Bertz CT molecular complexity index is 628. The van der Waals surface area contributed by atoms with Gasteiger partial charge in [0, 0.05) is 21.2 Å². The maximum absolute atomic E-state index is 12.8. The standard InChI is InChI=1S/C12H9BrClF3N2S/c1-6-9(13)2-7(12(15,16)17)3-10(6)18-4-8-5-19-11(14)20-8/h2-3,5,18H,4H2,1H3.